The lowest BCUT2D eigenvalue weighted by Gasteiger charge is -2.34. The molecule has 7 nitrogen and oxygen atoms in total. The molecule has 0 saturated heterocycles. The lowest BCUT2D eigenvalue weighted by Crippen LogP contribution is -2.31. The first-order valence-electron chi connectivity index (χ1n) is 11.7. The summed E-state index contributed by atoms with van der Waals surface area (Å²) >= 11 is 6.10. The van der Waals surface area contributed by atoms with Crippen LogP contribution in [0.1, 0.15) is 57.5 Å². The monoisotopic (exact) mass is 487 g/mol. The molecule has 3 heterocycles. The second-order valence-electron chi connectivity index (χ2n) is 8.64. The van der Waals surface area contributed by atoms with E-state index in [2.05, 4.69) is 38.4 Å². The van der Waals surface area contributed by atoms with Gasteiger partial charge in [-0.2, -0.15) is 0 Å². The molecule has 1 aromatic carbocycles. The Labute approximate surface area is 209 Å². The van der Waals surface area contributed by atoms with Crippen molar-refractivity contribution >= 4 is 17.5 Å². The van der Waals surface area contributed by atoms with Gasteiger partial charge in [0, 0.05) is 31.7 Å². The van der Waals surface area contributed by atoms with E-state index in [-0.39, 0.29) is 11.9 Å². The third-order valence-corrected chi connectivity index (χ3v) is 6.58. The molecule has 3 aromatic heterocycles. The summed E-state index contributed by atoms with van der Waals surface area (Å²) in [6, 6.07) is 14.2. The molecule has 1 unspecified atom stereocenters. The van der Waals surface area contributed by atoms with Crippen molar-refractivity contribution in [3.05, 3.63) is 112 Å². The number of nitrogens with zero attached hydrogens (tertiary/aromatic N) is 4. The minimum atomic E-state index is -0.224. The number of nitrogens with one attached hydrogen (secondary N) is 1. The van der Waals surface area contributed by atoms with E-state index in [1.54, 1.807) is 24.7 Å². The predicted octanol–water partition coefficient (Wildman–Crippen LogP) is 5.13. The van der Waals surface area contributed by atoms with Gasteiger partial charge < -0.3 is 9.73 Å². The van der Waals surface area contributed by atoms with E-state index in [1.165, 1.54) is 11.8 Å². The number of carbonyl (C=O) groups is 1. The van der Waals surface area contributed by atoms with Crippen LogP contribution in [-0.4, -0.2) is 25.8 Å². The Morgan fingerprint density at radius 2 is 2.00 bits per heavy atom. The second kappa shape index (κ2) is 10.8. The zero-order valence-corrected chi connectivity index (χ0v) is 20.0. The van der Waals surface area contributed by atoms with E-state index < -0.39 is 0 Å². The topological polar surface area (TPSA) is 84.2 Å². The molecule has 1 amide bonds. The van der Waals surface area contributed by atoms with Crippen LogP contribution < -0.4 is 5.32 Å². The van der Waals surface area contributed by atoms with Crippen LogP contribution in [0, 0.1) is 0 Å². The molecule has 0 saturated carbocycles. The second-order valence-corrected chi connectivity index (χ2v) is 9.05. The van der Waals surface area contributed by atoms with Crippen LogP contribution in [0.2, 0.25) is 5.02 Å². The predicted molar refractivity (Wildman–Crippen MR) is 133 cm³/mol. The van der Waals surface area contributed by atoms with Crippen LogP contribution in [0.15, 0.2) is 77.9 Å². The van der Waals surface area contributed by atoms with E-state index in [0.29, 0.717) is 36.1 Å². The molecule has 0 aliphatic heterocycles. The molecule has 8 heteroatoms. The smallest absolute Gasteiger partial charge is 0.253 e. The SMILES string of the molecule is O=C(NCc1cccc(CN(Cc2ncco2)C2CCCc3cccnc32)c1)c1ccncc1Cl. The number of amides is 1. The van der Waals surface area contributed by atoms with Crippen molar-refractivity contribution in [3.8, 4) is 0 Å². The number of aromatic nitrogens is 3. The quantitative estimate of drug-likeness (QED) is 0.371. The van der Waals surface area contributed by atoms with E-state index in [0.717, 1.165) is 36.1 Å². The van der Waals surface area contributed by atoms with Gasteiger partial charge in [0.25, 0.3) is 5.91 Å². The van der Waals surface area contributed by atoms with Crippen molar-refractivity contribution in [3.63, 3.8) is 0 Å². The van der Waals surface area contributed by atoms with Crippen LogP contribution in [0.4, 0.5) is 0 Å². The molecule has 1 aliphatic carbocycles. The fourth-order valence-electron chi connectivity index (χ4n) is 4.63. The van der Waals surface area contributed by atoms with Crippen molar-refractivity contribution in [1.29, 1.82) is 0 Å². The highest BCUT2D eigenvalue weighted by molar-refractivity contribution is 6.33. The van der Waals surface area contributed by atoms with E-state index in [4.69, 9.17) is 21.0 Å². The molecule has 178 valence electrons. The van der Waals surface area contributed by atoms with Gasteiger partial charge in [0.05, 0.1) is 35.1 Å². The van der Waals surface area contributed by atoms with E-state index >= 15 is 0 Å². The summed E-state index contributed by atoms with van der Waals surface area (Å²) in [5.74, 6) is 0.462. The molecular formula is C27H26ClN5O2. The van der Waals surface area contributed by atoms with Crippen LogP contribution in [0.3, 0.4) is 0 Å². The minimum absolute atomic E-state index is 0.184. The molecule has 0 spiro atoms. The van der Waals surface area contributed by atoms with Gasteiger partial charge in [-0.05, 0) is 48.1 Å². The molecule has 4 aromatic rings. The van der Waals surface area contributed by atoms with Gasteiger partial charge in [-0.25, -0.2) is 4.98 Å². The van der Waals surface area contributed by atoms with Gasteiger partial charge in [-0.3, -0.25) is 19.7 Å². The number of hydrogen-bond acceptors (Lipinski definition) is 6. The van der Waals surface area contributed by atoms with Crippen LogP contribution in [0.25, 0.3) is 0 Å². The number of aryl methyl sites for hydroxylation is 1. The number of hydrogen-bond donors (Lipinski definition) is 1. The normalized spacial score (nSPS) is 15.1. The van der Waals surface area contributed by atoms with Gasteiger partial charge >= 0.3 is 0 Å². The highest BCUT2D eigenvalue weighted by atomic mass is 35.5. The molecule has 35 heavy (non-hydrogen) atoms. The van der Waals surface area contributed by atoms with Crippen molar-refractivity contribution in [2.75, 3.05) is 0 Å². The van der Waals surface area contributed by atoms with Crippen molar-refractivity contribution in [1.82, 2.24) is 25.2 Å². The standard InChI is InChI=1S/C27H26ClN5O2/c28-23-16-29-11-9-22(23)27(34)32-15-19-4-1-5-20(14-19)17-33(18-25-30-12-13-35-25)24-8-2-6-21-7-3-10-31-26(21)24/h1,3-5,7,9-14,16,24H,2,6,8,15,17-18H2,(H,32,34). The summed E-state index contributed by atoms with van der Waals surface area (Å²) in [5.41, 5.74) is 5.03. The van der Waals surface area contributed by atoms with Crippen LogP contribution >= 0.6 is 11.6 Å². The number of oxazole rings is 1. The summed E-state index contributed by atoms with van der Waals surface area (Å²) in [6.45, 7) is 1.70. The third kappa shape index (κ3) is 5.58. The zero-order chi connectivity index (χ0) is 24.0. The molecule has 0 bridgehead atoms. The average Bonchev–Trinajstić information content (AvgIpc) is 3.40. The number of halogens is 1. The van der Waals surface area contributed by atoms with E-state index in [1.807, 2.05) is 24.4 Å². The summed E-state index contributed by atoms with van der Waals surface area (Å²) in [6.07, 6.45) is 11.4. The zero-order valence-electron chi connectivity index (χ0n) is 19.2. The summed E-state index contributed by atoms with van der Waals surface area (Å²) in [5, 5.41) is 3.29. The maximum absolute atomic E-state index is 12.5. The Bertz CT molecular complexity index is 1290. The number of carbonyl (C=O) groups excluding carboxylic acids is 1. The van der Waals surface area contributed by atoms with E-state index in [9.17, 15) is 4.79 Å². The lowest BCUT2D eigenvalue weighted by atomic mass is 9.90. The molecule has 1 N–H and O–H groups in total. The first-order chi connectivity index (χ1) is 17.2. The number of rotatable bonds is 8. The minimum Gasteiger partial charge on any atom is -0.448 e. The number of pyridine rings is 2. The Morgan fingerprint density at radius 1 is 1.09 bits per heavy atom. The van der Waals surface area contributed by atoms with Gasteiger partial charge in [0.1, 0.15) is 6.26 Å². The fraction of sp³-hybridized carbons (Fsp3) is 0.259. The van der Waals surface area contributed by atoms with Crippen LogP contribution in [-0.2, 0) is 26.1 Å². The van der Waals surface area contributed by atoms with Gasteiger partial charge in [-0.1, -0.05) is 41.9 Å². The molecule has 0 radical (unpaired) electrons. The first-order valence-corrected chi connectivity index (χ1v) is 12.1. The maximum Gasteiger partial charge on any atom is 0.253 e. The molecular weight excluding hydrogens is 462 g/mol. The Kier molecular flexibility index (Phi) is 7.16. The fourth-order valence-corrected chi connectivity index (χ4v) is 4.84. The largest absolute Gasteiger partial charge is 0.448 e. The van der Waals surface area contributed by atoms with Crippen molar-refractivity contribution < 1.29 is 9.21 Å². The van der Waals surface area contributed by atoms with Gasteiger partial charge in [0.2, 0.25) is 5.89 Å². The van der Waals surface area contributed by atoms with Gasteiger partial charge in [-0.15, -0.1) is 0 Å². The molecule has 0 fully saturated rings. The van der Waals surface area contributed by atoms with Gasteiger partial charge in [0.15, 0.2) is 0 Å². The van der Waals surface area contributed by atoms with Crippen LogP contribution in [0.5, 0.6) is 0 Å². The summed E-state index contributed by atoms with van der Waals surface area (Å²) < 4.78 is 5.58. The number of fused-ring (bicyclic) bond motifs is 1. The first kappa shape index (κ1) is 23.2. The Balaban J connectivity index is 1.33. The van der Waals surface area contributed by atoms with Crippen molar-refractivity contribution in [2.24, 2.45) is 0 Å². The average molecular weight is 488 g/mol. The Hall–Kier alpha value is -3.55. The van der Waals surface area contributed by atoms with Crippen molar-refractivity contribution in [2.45, 2.75) is 44.9 Å². The molecule has 5 rings (SSSR count). The molecule has 1 atom stereocenters. The number of benzene rings is 1. The highest BCUT2D eigenvalue weighted by Crippen LogP contribution is 2.34. The lowest BCUT2D eigenvalue weighted by molar-refractivity contribution is 0.0951. The Morgan fingerprint density at radius 3 is 2.86 bits per heavy atom. The summed E-state index contributed by atoms with van der Waals surface area (Å²) in [7, 11) is 0. The third-order valence-electron chi connectivity index (χ3n) is 6.28. The highest BCUT2D eigenvalue weighted by Gasteiger charge is 2.28. The maximum atomic E-state index is 12.5. The molecule has 1 aliphatic rings. The summed E-state index contributed by atoms with van der Waals surface area (Å²) in [4.78, 5) is 28.0.